The van der Waals surface area contributed by atoms with Gasteiger partial charge < -0.3 is 19.2 Å². The van der Waals surface area contributed by atoms with Crippen molar-refractivity contribution >= 4 is 0 Å². The number of aromatic amines is 1. The second-order valence-electron chi connectivity index (χ2n) is 6.65. The molecule has 1 N–H and O–H groups in total. The van der Waals surface area contributed by atoms with Gasteiger partial charge in [0.05, 0.1) is 21.3 Å². The Balaban J connectivity index is 2.31. The number of hydrogen-bond acceptors (Lipinski definition) is 5. The van der Waals surface area contributed by atoms with Crippen molar-refractivity contribution in [2.24, 2.45) is 0 Å². The van der Waals surface area contributed by atoms with Crippen LogP contribution in [0, 0.1) is 25.2 Å². The first-order valence-electron chi connectivity index (χ1n) is 8.98. The molecule has 0 aliphatic heterocycles. The molecule has 148 valence electrons. The van der Waals surface area contributed by atoms with Gasteiger partial charge in [-0.05, 0) is 43.2 Å². The lowest BCUT2D eigenvalue weighted by atomic mass is 9.96. The third kappa shape index (κ3) is 3.67. The van der Waals surface area contributed by atoms with Crippen molar-refractivity contribution in [2.75, 3.05) is 21.3 Å². The number of H-pyrrole nitrogens is 1. The molecule has 2 aromatic carbocycles. The fourth-order valence-corrected chi connectivity index (χ4v) is 3.40. The Labute approximate surface area is 169 Å². The van der Waals surface area contributed by atoms with Gasteiger partial charge >= 0.3 is 0 Å². The molecule has 0 unspecified atom stereocenters. The maximum atomic E-state index is 12.7. The molecule has 6 heteroatoms. The Hall–Kier alpha value is -3.72. The molecule has 0 fully saturated rings. The highest BCUT2D eigenvalue weighted by atomic mass is 16.5. The Morgan fingerprint density at radius 2 is 1.55 bits per heavy atom. The molecule has 0 saturated heterocycles. The Bertz CT molecular complexity index is 1150. The van der Waals surface area contributed by atoms with Crippen molar-refractivity contribution in [3.05, 3.63) is 63.4 Å². The van der Waals surface area contributed by atoms with E-state index in [-0.39, 0.29) is 5.56 Å². The Morgan fingerprint density at radius 1 is 0.897 bits per heavy atom. The fourth-order valence-electron chi connectivity index (χ4n) is 3.40. The van der Waals surface area contributed by atoms with Crippen LogP contribution in [-0.4, -0.2) is 26.3 Å². The summed E-state index contributed by atoms with van der Waals surface area (Å²) in [4.78, 5) is 15.5. The van der Waals surface area contributed by atoms with Crippen molar-refractivity contribution < 1.29 is 14.2 Å². The third-order valence-corrected chi connectivity index (χ3v) is 4.79. The maximum Gasteiger partial charge on any atom is 0.266 e. The van der Waals surface area contributed by atoms with Gasteiger partial charge in [-0.15, -0.1) is 0 Å². The number of nitrogens with one attached hydrogen (secondary N) is 1. The summed E-state index contributed by atoms with van der Waals surface area (Å²) in [6.07, 6.45) is 0. The first-order chi connectivity index (χ1) is 13.9. The molecule has 6 nitrogen and oxygen atoms in total. The van der Waals surface area contributed by atoms with E-state index in [2.05, 4.69) is 4.98 Å². The molecule has 1 aromatic heterocycles. The minimum Gasteiger partial charge on any atom is -0.493 e. The first kappa shape index (κ1) is 20.0. The molecule has 1 heterocycles. The highest BCUT2D eigenvalue weighted by Gasteiger charge is 2.19. The van der Waals surface area contributed by atoms with Gasteiger partial charge in [-0.3, -0.25) is 4.79 Å². The number of rotatable bonds is 5. The van der Waals surface area contributed by atoms with Gasteiger partial charge in [0.25, 0.3) is 5.56 Å². The van der Waals surface area contributed by atoms with Crippen molar-refractivity contribution in [3.63, 3.8) is 0 Å². The molecule has 0 bridgehead atoms. The van der Waals surface area contributed by atoms with Crippen molar-refractivity contribution in [3.8, 4) is 45.7 Å². The van der Waals surface area contributed by atoms with Crippen LogP contribution in [0.4, 0.5) is 0 Å². The van der Waals surface area contributed by atoms with E-state index in [1.165, 1.54) is 21.3 Å². The normalized spacial score (nSPS) is 10.3. The molecular weight excluding hydrogens is 368 g/mol. The molecule has 0 saturated carbocycles. The molecule has 0 atom stereocenters. The lowest BCUT2D eigenvalue weighted by Crippen LogP contribution is -2.13. The zero-order valence-corrected chi connectivity index (χ0v) is 17.0. The van der Waals surface area contributed by atoms with Crippen LogP contribution in [0.3, 0.4) is 0 Å². The second-order valence-corrected chi connectivity index (χ2v) is 6.65. The van der Waals surface area contributed by atoms with Crippen LogP contribution < -0.4 is 19.8 Å². The number of nitriles is 1. The summed E-state index contributed by atoms with van der Waals surface area (Å²) in [6, 6.07) is 13.3. The predicted octanol–water partition coefficient (Wildman–Crippen LogP) is 4.22. The number of aryl methyl sites for hydroxylation is 2. The number of methoxy groups -OCH3 is 3. The molecule has 29 heavy (non-hydrogen) atoms. The Morgan fingerprint density at radius 3 is 2.07 bits per heavy atom. The van der Waals surface area contributed by atoms with E-state index in [4.69, 9.17) is 14.2 Å². The molecule has 0 amide bonds. The monoisotopic (exact) mass is 390 g/mol. The van der Waals surface area contributed by atoms with Crippen LogP contribution in [0.1, 0.15) is 16.7 Å². The van der Waals surface area contributed by atoms with E-state index < -0.39 is 5.56 Å². The molecule has 0 radical (unpaired) electrons. The first-order valence-corrected chi connectivity index (χ1v) is 8.98. The highest BCUT2D eigenvalue weighted by molar-refractivity contribution is 5.79. The molecule has 3 rings (SSSR count). The highest BCUT2D eigenvalue weighted by Crippen LogP contribution is 2.42. The lowest BCUT2D eigenvalue weighted by molar-refractivity contribution is 0.324. The largest absolute Gasteiger partial charge is 0.493 e. The number of ether oxygens (including phenoxy) is 3. The standard InChI is InChI=1S/C23H22N2O4/c1-13-6-7-16(14(2)8-13)19-11-17(18(12-24)23(26)25-19)15-9-20(27-3)22(29-5)21(10-15)28-4/h6-11H,1-5H3,(H,25,26). The van der Waals surface area contributed by atoms with Crippen molar-refractivity contribution in [2.45, 2.75) is 13.8 Å². The Kier molecular flexibility index (Phi) is 5.60. The molecule has 3 aromatic rings. The summed E-state index contributed by atoms with van der Waals surface area (Å²) in [7, 11) is 4.56. The van der Waals surface area contributed by atoms with Gasteiger partial charge in [0, 0.05) is 16.8 Å². The quantitative estimate of drug-likeness (QED) is 0.705. The summed E-state index contributed by atoms with van der Waals surface area (Å²) in [5.74, 6) is 1.33. The van der Waals surface area contributed by atoms with Crippen LogP contribution in [-0.2, 0) is 0 Å². The zero-order valence-electron chi connectivity index (χ0n) is 17.0. The molecule has 0 spiro atoms. The van der Waals surface area contributed by atoms with Gasteiger partial charge in [0.15, 0.2) is 11.5 Å². The van der Waals surface area contributed by atoms with E-state index in [1.807, 2.05) is 38.1 Å². The van der Waals surface area contributed by atoms with Gasteiger partial charge in [0.1, 0.15) is 11.6 Å². The minimum atomic E-state index is -0.450. The summed E-state index contributed by atoms with van der Waals surface area (Å²) in [5, 5.41) is 9.61. The van der Waals surface area contributed by atoms with Crippen LogP contribution in [0.25, 0.3) is 22.4 Å². The molecule has 0 aliphatic carbocycles. The number of benzene rings is 2. The molecule has 0 aliphatic rings. The third-order valence-electron chi connectivity index (χ3n) is 4.79. The summed E-state index contributed by atoms with van der Waals surface area (Å²) >= 11 is 0. The SMILES string of the molecule is COc1cc(-c2cc(-c3ccc(C)cc3C)[nH]c(=O)c2C#N)cc(OC)c1OC. The number of pyridine rings is 1. The van der Waals surface area contributed by atoms with Crippen LogP contribution in [0.15, 0.2) is 41.2 Å². The number of nitrogens with zero attached hydrogens (tertiary/aromatic N) is 1. The van der Waals surface area contributed by atoms with Gasteiger partial charge in [-0.2, -0.15) is 5.26 Å². The van der Waals surface area contributed by atoms with E-state index in [9.17, 15) is 10.1 Å². The predicted molar refractivity (Wildman–Crippen MR) is 112 cm³/mol. The second kappa shape index (κ2) is 8.11. The zero-order chi connectivity index (χ0) is 21.1. The van der Waals surface area contributed by atoms with E-state index in [1.54, 1.807) is 18.2 Å². The molecular formula is C23H22N2O4. The minimum absolute atomic E-state index is 0.0211. The number of hydrogen-bond donors (Lipinski definition) is 1. The van der Waals surface area contributed by atoms with Crippen LogP contribution in [0.2, 0.25) is 0 Å². The summed E-state index contributed by atoms with van der Waals surface area (Å²) in [5.41, 5.74) is 4.37. The smallest absolute Gasteiger partial charge is 0.266 e. The topological polar surface area (TPSA) is 84.3 Å². The van der Waals surface area contributed by atoms with E-state index in [0.717, 1.165) is 16.7 Å². The summed E-state index contributed by atoms with van der Waals surface area (Å²) < 4.78 is 16.2. The van der Waals surface area contributed by atoms with E-state index >= 15 is 0 Å². The lowest BCUT2D eigenvalue weighted by Gasteiger charge is -2.15. The van der Waals surface area contributed by atoms with Crippen LogP contribution in [0.5, 0.6) is 17.2 Å². The average Bonchev–Trinajstić information content (AvgIpc) is 2.71. The maximum absolute atomic E-state index is 12.7. The number of aromatic nitrogens is 1. The van der Waals surface area contributed by atoms with Gasteiger partial charge in [0.2, 0.25) is 5.75 Å². The van der Waals surface area contributed by atoms with E-state index in [0.29, 0.717) is 34.1 Å². The summed E-state index contributed by atoms with van der Waals surface area (Å²) in [6.45, 7) is 4.00. The fraction of sp³-hybridized carbons (Fsp3) is 0.217. The van der Waals surface area contributed by atoms with Gasteiger partial charge in [-0.25, -0.2) is 0 Å². The average molecular weight is 390 g/mol. The van der Waals surface area contributed by atoms with Gasteiger partial charge in [-0.1, -0.05) is 23.8 Å². The van der Waals surface area contributed by atoms with Crippen LogP contribution >= 0.6 is 0 Å². The van der Waals surface area contributed by atoms with Crippen molar-refractivity contribution in [1.29, 1.82) is 5.26 Å². The van der Waals surface area contributed by atoms with Crippen molar-refractivity contribution in [1.82, 2.24) is 4.98 Å².